The molecule has 1 saturated heterocycles. The van der Waals surface area contributed by atoms with Crippen LogP contribution in [-0.2, 0) is 6.18 Å². The number of alkyl halides is 3. The van der Waals surface area contributed by atoms with Crippen molar-refractivity contribution in [1.29, 1.82) is 0 Å². The molecule has 0 unspecified atom stereocenters. The van der Waals surface area contributed by atoms with Gasteiger partial charge in [0.1, 0.15) is 17.2 Å². The number of hydrogen-bond donors (Lipinski definition) is 2. The summed E-state index contributed by atoms with van der Waals surface area (Å²) in [6.07, 6.45) is -2.97. The second-order valence-electron chi connectivity index (χ2n) is 7.27. The Bertz CT molecular complexity index is 979. The summed E-state index contributed by atoms with van der Waals surface area (Å²) in [5.74, 6) is 0.507. The smallest absolute Gasteiger partial charge is 0.353 e. The molecule has 3 aromatic rings. The molecule has 1 aliphatic heterocycles. The number of hydrogen-bond acceptors (Lipinski definition) is 5. The monoisotopic (exact) mass is 376 g/mol. The lowest BCUT2D eigenvalue weighted by molar-refractivity contribution is -0.137. The van der Waals surface area contributed by atoms with Crippen molar-refractivity contribution < 1.29 is 13.2 Å². The number of anilines is 1. The van der Waals surface area contributed by atoms with E-state index in [1.807, 2.05) is 4.90 Å². The molecule has 0 radical (unpaired) electrons. The van der Waals surface area contributed by atoms with E-state index in [0.717, 1.165) is 12.6 Å². The standard InChI is InChI=1S/C18H19F3N6/c1-17(2)10-27(9-8-23-17)13-6-5-12(18(19,20)21)15(24-13)14-11-4-3-7-22-16(11)26-25-14/h3-7,23H,8-10H2,1-2H3,(H,22,25,26). The summed E-state index contributed by atoms with van der Waals surface area (Å²) in [5.41, 5.74) is -0.558. The van der Waals surface area contributed by atoms with Crippen molar-refractivity contribution in [3.05, 3.63) is 36.0 Å². The van der Waals surface area contributed by atoms with Gasteiger partial charge in [-0.1, -0.05) is 0 Å². The summed E-state index contributed by atoms with van der Waals surface area (Å²) in [6.45, 7) is 6.16. The Morgan fingerprint density at radius 1 is 1.15 bits per heavy atom. The molecular formula is C18H19F3N6. The van der Waals surface area contributed by atoms with Crippen LogP contribution in [0.3, 0.4) is 0 Å². The first-order valence-electron chi connectivity index (χ1n) is 8.62. The number of nitrogens with one attached hydrogen (secondary N) is 2. The number of H-pyrrole nitrogens is 1. The highest BCUT2D eigenvalue weighted by Crippen LogP contribution is 2.38. The molecule has 6 nitrogen and oxygen atoms in total. The van der Waals surface area contributed by atoms with Crippen LogP contribution in [0.15, 0.2) is 30.5 Å². The zero-order chi connectivity index (χ0) is 19.2. The van der Waals surface area contributed by atoms with Gasteiger partial charge in [-0.3, -0.25) is 5.10 Å². The fraction of sp³-hybridized carbons (Fsp3) is 0.389. The summed E-state index contributed by atoms with van der Waals surface area (Å²) in [4.78, 5) is 10.5. The highest BCUT2D eigenvalue weighted by atomic mass is 19.4. The highest BCUT2D eigenvalue weighted by Gasteiger charge is 2.36. The molecule has 0 bridgehead atoms. The molecule has 1 aliphatic rings. The van der Waals surface area contributed by atoms with Crippen LogP contribution >= 0.6 is 0 Å². The Morgan fingerprint density at radius 2 is 1.96 bits per heavy atom. The Hall–Kier alpha value is -2.68. The van der Waals surface area contributed by atoms with Crippen LogP contribution in [0.2, 0.25) is 0 Å². The molecule has 2 N–H and O–H groups in total. The molecule has 4 heterocycles. The minimum atomic E-state index is -4.53. The molecule has 4 rings (SSSR count). The molecule has 142 valence electrons. The van der Waals surface area contributed by atoms with Gasteiger partial charge in [-0.05, 0) is 38.1 Å². The predicted molar refractivity (Wildman–Crippen MR) is 96.4 cm³/mol. The lowest BCUT2D eigenvalue weighted by Gasteiger charge is -2.40. The van der Waals surface area contributed by atoms with Crippen molar-refractivity contribution in [3.8, 4) is 11.4 Å². The Kier molecular flexibility index (Phi) is 4.06. The molecule has 0 aromatic carbocycles. The topological polar surface area (TPSA) is 69.7 Å². The van der Waals surface area contributed by atoms with Crippen molar-refractivity contribution >= 4 is 16.9 Å². The SMILES string of the molecule is CC1(C)CN(c2ccc(C(F)(F)F)c(-c3n[nH]c4ncccc34)n2)CCN1. The van der Waals surface area contributed by atoms with Crippen LogP contribution in [0.25, 0.3) is 22.4 Å². The number of aromatic nitrogens is 4. The average Bonchev–Trinajstić information content (AvgIpc) is 3.03. The number of nitrogens with zero attached hydrogens (tertiary/aromatic N) is 4. The highest BCUT2D eigenvalue weighted by molar-refractivity contribution is 5.90. The van der Waals surface area contributed by atoms with Crippen molar-refractivity contribution in [2.45, 2.75) is 25.6 Å². The molecule has 27 heavy (non-hydrogen) atoms. The summed E-state index contributed by atoms with van der Waals surface area (Å²) in [5, 5.41) is 10.7. The average molecular weight is 376 g/mol. The number of halogens is 3. The lowest BCUT2D eigenvalue weighted by Crippen LogP contribution is -2.57. The van der Waals surface area contributed by atoms with Gasteiger partial charge in [-0.15, -0.1) is 0 Å². The summed E-state index contributed by atoms with van der Waals surface area (Å²) < 4.78 is 40.9. The van der Waals surface area contributed by atoms with E-state index >= 15 is 0 Å². The van der Waals surface area contributed by atoms with Crippen LogP contribution in [0.4, 0.5) is 19.0 Å². The van der Waals surface area contributed by atoms with Gasteiger partial charge in [0.15, 0.2) is 5.65 Å². The third-order valence-electron chi connectivity index (χ3n) is 4.64. The van der Waals surface area contributed by atoms with Gasteiger partial charge in [-0.25, -0.2) is 9.97 Å². The van der Waals surface area contributed by atoms with Crippen LogP contribution < -0.4 is 10.2 Å². The zero-order valence-corrected chi connectivity index (χ0v) is 14.9. The van der Waals surface area contributed by atoms with Crippen LogP contribution in [-0.4, -0.2) is 45.3 Å². The van der Waals surface area contributed by atoms with Crippen LogP contribution in [0.5, 0.6) is 0 Å². The Morgan fingerprint density at radius 3 is 2.70 bits per heavy atom. The number of pyridine rings is 2. The predicted octanol–water partition coefficient (Wildman–Crippen LogP) is 3.23. The van der Waals surface area contributed by atoms with Gasteiger partial charge in [0.05, 0.1) is 5.56 Å². The van der Waals surface area contributed by atoms with E-state index in [-0.39, 0.29) is 16.9 Å². The number of rotatable bonds is 2. The van der Waals surface area contributed by atoms with Crippen LogP contribution in [0.1, 0.15) is 19.4 Å². The molecule has 3 aromatic heterocycles. The molecule has 0 amide bonds. The third kappa shape index (κ3) is 3.34. The number of aromatic amines is 1. The van der Waals surface area contributed by atoms with Gasteiger partial charge >= 0.3 is 6.18 Å². The third-order valence-corrected chi connectivity index (χ3v) is 4.64. The van der Waals surface area contributed by atoms with E-state index in [4.69, 9.17) is 0 Å². The van der Waals surface area contributed by atoms with Gasteiger partial charge in [0, 0.05) is 36.8 Å². The molecular weight excluding hydrogens is 357 g/mol. The summed E-state index contributed by atoms with van der Waals surface area (Å²) in [6, 6.07) is 5.87. The fourth-order valence-electron chi connectivity index (χ4n) is 3.41. The maximum atomic E-state index is 13.6. The van der Waals surface area contributed by atoms with Gasteiger partial charge in [0.25, 0.3) is 0 Å². The Balaban J connectivity index is 1.85. The maximum Gasteiger partial charge on any atom is 0.418 e. The van der Waals surface area contributed by atoms with E-state index in [9.17, 15) is 13.2 Å². The normalized spacial score (nSPS) is 17.4. The van der Waals surface area contributed by atoms with E-state index in [1.54, 1.807) is 18.3 Å². The largest absolute Gasteiger partial charge is 0.418 e. The summed E-state index contributed by atoms with van der Waals surface area (Å²) >= 11 is 0. The molecule has 9 heteroatoms. The lowest BCUT2D eigenvalue weighted by atomic mass is 10.0. The summed E-state index contributed by atoms with van der Waals surface area (Å²) in [7, 11) is 0. The maximum absolute atomic E-state index is 13.6. The first kappa shape index (κ1) is 17.7. The zero-order valence-electron chi connectivity index (χ0n) is 14.9. The van der Waals surface area contributed by atoms with Crippen molar-refractivity contribution in [1.82, 2.24) is 25.5 Å². The van der Waals surface area contributed by atoms with E-state index < -0.39 is 11.7 Å². The second kappa shape index (κ2) is 6.19. The molecule has 0 atom stereocenters. The molecule has 0 spiro atoms. The first-order chi connectivity index (χ1) is 12.7. The van der Waals surface area contributed by atoms with E-state index in [1.165, 1.54) is 6.07 Å². The number of piperazine rings is 1. The first-order valence-corrected chi connectivity index (χ1v) is 8.62. The quantitative estimate of drug-likeness (QED) is 0.719. The fourth-order valence-corrected chi connectivity index (χ4v) is 3.41. The van der Waals surface area contributed by atoms with Gasteiger partial charge in [-0.2, -0.15) is 18.3 Å². The van der Waals surface area contributed by atoms with Crippen molar-refractivity contribution in [2.24, 2.45) is 0 Å². The second-order valence-corrected chi connectivity index (χ2v) is 7.27. The van der Waals surface area contributed by atoms with Crippen molar-refractivity contribution in [3.63, 3.8) is 0 Å². The molecule has 0 aliphatic carbocycles. The number of fused-ring (bicyclic) bond motifs is 1. The minimum Gasteiger partial charge on any atom is -0.353 e. The molecule has 1 fully saturated rings. The molecule has 0 saturated carbocycles. The van der Waals surface area contributed by atoms with Crippen LogP contribution in [0, 0.1) is 0 Å². The van der Waals surface area contributed by atoms with Gasteiger partial charge < -0.3 is 10.2 Å². The van der Waals surface area contributed by atoms with Gasteiger partial charge in [0.2, 0.25) is 0 Å². The van der Waals surface area contributed by atoms with E-state index in [0.29, 0.717) is 29.9 Å². The van der Waals surface area contributed by atoms with E-state index in [2.05, 4.69) is 39.3 Å². The minimum absolute atomic E-state index is 0.147. The van der Waals surface area contributed by atoms with Crippen molar-refractivity contribution in [2.75, 3.05) is 24.5 Å². The Labute approximate surface area is 153 Å².